The van der Waals surface area contributed by atoms with Crippen molar-refractivity contribution in [2.24, 2.45) is 5.92 Å². The number of alkyl halides is 3. The van der Waals surface area contributed by atoms with Gasteiger partial charge >= 0.3 is 6.18 Å². The van der Waals surface area contributed by atoms with Gasteiger partial charge in [0.15, 0.2) is 0 Å². The van der Waals surface area contributed by atoms with Gasteiger partial charge in [-0.2, -0.15) is 13.2 Å². The van der Waals surface area contributed by atoms with Gasteiger partial charge in [-0.25, -0.2) is 0 Å². The molecular formula is C22H33F3N2O2. The molecule has 4 nitrogen and oxygen atoms in total. The number of benzene rings is 1. The van der Waals surface area contributed by atoms with E-state index in [9.17, 15) is 18.0 Å². The summed E-state index contributed by atoms with van der Waals surface area (Å²) in [5.41, 5.74) is 0.0319. The van der Waals surface area contributed by atoms with Crippen LogP contribution in [0, 0.1) is 5.92 Å². The molecule has 0 spiro atoms. The number of nitrogens with one attached hydrogen (secondary N) is 1. The minimum absolute atomic E-state index is 0.205. The smallest absolute Gasteiger partial charge is 0.378 e. The third kappa shape index (κ3) is 8.34. The number of carbonyl (C=O) groups is 1. The molecule has 1 atom stereocenters. The number of carbonyl (C=O) groups excluding carboxylic acids is 1. The monoisotopic (exact) mass is 414 g/mol. The van der Waals surface area contributed by atoms with Crippen molar-refractivity contribution in [3.63, 3.8) is 0 Å². The predicted molar refractivity (Wildman–Crippen MR) is 107 cm³/mol. The maximum atomic E-state index is 12.9. The third-order valence-electron chi connectivity index (χ3n) is 5.40. The number of amides is 1. The molecule has 1 aliphatic heterocycles. The number of unbranched alkanes of at least 4 members (excludes halogenated alkanes) is 2. The van der Waals surface area contributed by atoms with E-state index in [1.807, 2.05) is 4.90 Å². The number of rotatable bonds is 10. The summed E-state index contributed by atoms with van der Waals surface area (Å²) in [6, 6.07) is 5.72. The van der Waals surface area contributed by atoms with Crippen LogP contribution < -0.4 is 5.32 Å². The maximum Gasteiger partial charge on any atom is 0.416 e. The minimum Gasteiger partial charge on any atom is -0.378 e. The minimum atomic E-state index is -4.31. The van der Waals surface area contributed by atoms with E-state index in [-0.39, 0.29) is 11.9 Å². The summed E-state index contributed by atoms with van der Waals surface area (Å²) in [5.74, 6) is 0.590. The highest BCUT2D eigenvalue weighted by molar-refractivity contribution is 5.76. The second-order valence-corrected chi connectivity index (χ2v) is 8.02. The molecule has 1 aliphatic rings. The molecule has 1 aromatic carbocycles. The number of morpholine rings is 1. The summed E-state index contributed by atoms with van der Waals surface area (Å²) in [4.78, 5) is 14.0. The van der Waals surface area contributed by atoms with Crippen LogP contribution in [0.5, 0.6) is 0 Å². The van der Waals surface area contributed by atoms with Crippen LogP contribution in [-0.4, -0.2) is 43.2 Å². The van der Waals surface area contributed by atoms with Crippen molar-refractivity contribution in [2.45, 2.75) is 64.7 Å². The first-order valence-electron chi connectivity index (χ1n) is 10.5. The van der Waals surface area contributed by atoms with Crippen molar-refractivity contribution in [1.29, 1.82) is 0 Å². The van der Waals surface area contributed by atoms with E-state index in [4.69, 9.17) is 4.74 Å². The number of hydrogen-bond acceptors (Lipinski definition) is 3. The van der Waals surface area contributed by atoms with E-state index in [0.717, 1.165) is 31.7 Å². The first kappa shape index (κ1) is 23.7. The zero-order valence-corrected chi connectivity index (χ0v) is 17.4. The van der Waals surface area contributed by atoms with Crippen molar-refractivity contribution >= 4 is 5.91 Å². The Bertz CT molecular complexity index is 629. The van der Waals surface area contributed by atoms with Crippen molar-refractivity contribution in [1.82, 2.24) is 10.2 Å². The Hall–Kier alpha value is -1.60. The fraction of sp³-hybridized carbons (Fsp3) is 0.682. The highest BCUT2D eigenvalue weighted by Crippen LogP contribution is 2.29. The molecule has 1 heterocycles. The van der Waals surface area contributed by atoms with Gasteiger partial charge in [-0.15, -0.1) is 0 Å². The number of hydrogen-bond donors (Lipinski definition) is 1. The molecule has 1 unspecified atom stereocenters. The third-order valence-corrected chi connectivity index (χ3v) is 5.40. The lowest BCUT2D eigenvalue weighted by Crippen LogP contribution is -2.40. The van der Waals surface area contributed by atoms with Crippen LogP contribution in [0.4, 0.5) is 13.2 Å². The highest BCUT2D eigenvalue weighted by Gasteiger charge is 2.30. The average molecular weight is 415 g/mol. The van der Waals surface area contributed by atoms with Crippen LogP contribution in [0.1, 0.15) is 57.1 Å². The standard InChI is InChI=1S/C22H33F3N2O2/c1-17(2)20(26-16-18-7-6-8-19(15-18)22(23,24)25)9-4-3-5-10-21(28)27-11-13-29-14-12-27/h6-8,15,17,20,26H,3-5,9-14,16H2,1-2H3. The number of nitrogens with zero attached hydrogens (tertiary/aromatic N) is 1. The summed E-state index contributed by atoms with van der Waals surface area (Å²) in [5, 5.41) is 3.41. The molecule has 0 radical (unpaired) electrons. The normalized spacial score (nSPS) is 16.3. The van der Waals surface area contributed by atoms with Crippen LogP contribution in [0.2, 0.25) is 0 Å². The predicted octanol–water partition coefficient (Wildman–Crippen LogP) is 4.63. The molecule has 0 saturated carbocycles. The molecule has 1 amide bonds. The van der Waals surface area contributed by atoms with E-state index in [2.05, 4.69) is 19.2 Å². The molecule has 1 fully saturated rings. The van der Waals surface area contributed by atoms with Crippen LogP contribution in [-0.2, 0) is 22.3 Å². The van der Waals surface area contributed by atoms with E-state index >= 15 is 0 Å². The summed E-state index contributed by atoms with van der Waals surface area (Å²) in [6.45, 7) is 7.28. The molecule has 29 heavy (non-hydrogen) atoms. The van der Waals surface area contributed by atoms with Crippen LogP contribution in [0.3, 0.4) is 0 Å². The van der Waals surface area contributed by atoms with E-state index in [1.165, 1.54) is 12.1 Å². The van der Waals surface area contributed by atoms with Gasteiger partial charge in [0.2, 0.25) is 5.91 Å². The van der Waals surface area contributed by atoms with Crippen LogP contribution in [0.25, 0.3) is 0 Å². The molecule has 1 saturated heterocycles. The van der Waals surface area contributed by atoms with Gasteiger partial charge in [0, 0.05) is 32.1 Å². The Labute approximate surface area is 171 Å². The molecule has 0 bridgehead atoms. The maximum absolute atomic E-state index is 12.9. The van der Waals surface area contributed by atoms with Gasteiger partial charge < -0.3 is 15.0 Å². The topological polar surface area (TPSA) is 41.6 Å². The van der Waals surface area contributed by atoms with Crippen molar-refractivity contribution in [3.05, 3.63) is 35.4 Å². The summed E-state index contributed by atoms with van der Waals surface area (Å²) < 4.78 is 43.8. The lowest BCUT2D eigenvalue weighted by molar-refractivity contribution is -0.137. The largest absolute Gasteiger partial charge is 0.416 e. The Morgan fingerprint density at radius 1 is 1.17 bits per heavy atom. The molecule has 164 valence electrons. The van der Waals surface area contributed by atoms with Gasteiger partial charge in [0.05, 0.1) is 18.8 Å². The zero-order valence-electron chi connectivity index (χ0n) is 17.4. The first-order chi connectivity index (χ1) is 13.8. The molecule has 0 aromatic heterocycles. The van der Waals surface area contributed by atoms with Gasteiger partial charge in [-0.3, -0.25) is 4.79 Å². The molecule has 7 heteroatoms. The highest BCUT2D eigenvalue weighted by atomic mass is 19.4. The molecule has 1 aromatic rings. The van der Waals surface area contributed by atoms with Crippen LogP contribution >= 0.6 is 0 Å². The molecule has 0 aliphatic carbocycles. The van der Waals surface area contributed by atoms with Gasteiger partial charge in [0.1, 0.15) is 0 Å². The molecule has 2 rings (SSSR count). The second kappa shape index (κ2) is 11.6. The Kier molecular flexibility index (Phi) is 9.43. The lowest BCUT2D eigenvalue weighted by atomic mass is 9.97. The lowest BCUT2D eigenvalue weighted by Gasteiger charge is -2.27. The summed E-state index contributed by atoms with van der Waals surface area (Å²) >= 11 is 0. The van der Waals surface area contributed by atoms with Gasteiger partial charge in [-0.05, 0) is 30.4 Å². The molecular weight excluding hydrogens is 381 g/mol. The summed E-state index contributed by atoms with van der Waals surface area (Å²) in [6.07, 6.45) is 0.0481. The average Bonchev–Trinajstić information content (AvgIpc) is 2.69. The quantitative estimate of drug-likeness (QED) is 0.568. The molecule has 1 N–H and O–H groups in total. The first-order valence-corrected chi connectivity index (χ1v) is 10.5. The van der Waals surface area contributed by atoms with Crippen molar-refractivity contribution in [3.8, 4) is 0 Å². The SMILES string of the molecule is CC(C)C(CCCCCC(=O)N1CCOCC1)NCc1cccc(C(F)(F)F)c1. The number of halogens is 3. The van der Waals surface area contributed by atoms with Crippen LogP contribution in [0.15, 0.2) is 24.3 Å². The Balaban J connectivity index is 1.70. The second-order valence-electron chi connectivity index (χ2n) is 8.02. The van der Waals surface area contributed by atoms with Gasteiger partial charge in [0.25, 0.3) is 0 Å². The Morgan fingerprint density at radius 2 is 1.90 bits per heavy atom. The van der Waals surface area contributed by atoms with E-state index < -0.39 is 11.7 Å². The fourth-order valence-corrected chi connectivity index (χ4v) is 3.57. The van der Waals surface area contributed by atoms with Crippen molar-refractivity contribution < 1.29 is 22.7 Å². The number of ether oxygens (including phenoxy) is 1. The van der Waals surface area contributed by atoms with E-state index in [1.54, 1.807) is 6.07 Å². The van der Waals surface area contributed by atoms with Gasteiger partial charge in [-0.1, -0.05) is 44.9 Å². The van der Waals surface area contributed by atoms with E-state index in [0.29, 0.717) is 50.8 Å². The fourth-order valence-electron chi connectivity index (χ4n) is 3.57. The Morgan fingerprint density at radius 3 is 2.55 bits per heavy atom. The van der Waals surface area contributed by atoms with Crippen molar-refractivity contribution in [2.75, 3.05) is 26.3 Å². The summed E-state index contributed by atoms with van der Waals surface area (Å²) in [7, 11) is 0. The zero-order chi connectivity index (χ0) is 21.3.